The summed E-state index contributed by atoms with van der Waals surface area (Å²) < 4.78 is 10.8. The Morgan fingerprint density at radius 1 is 1.27 bits per heavy atom. The molecular formula is C21H31BN2O6. The predicted octanol–water partition coefficient (Wildman–Crippen LogP) is 0.486. The topological polar surface area (TPSA) is 99.5 Å². The molecule has 30 heavy (non-hydrogen) atoms. The molecule has 0 bridgehead atoms. The molecule has 2 aliphatic rings. The second-order valence-electron chi connectivity index (χ2n) is 8.31. The Morgan fingerprint density at radius 2 is 2.03 bits per heavy atom. The van der Waals surface area contributed by atoms with Crippen LogP contribution in [0.15, 0.2) is 12.1 Å². The van der Waals surface area contributed by atoms with Crippen molar-refractivity contribution in [1.29, 1.82) is 0 Å². The van der Waals surface area contributed by atoms with E-state index in [0.717, 1.165) is 31.7 Å². The average Bonchev–Trinajstić information content (AvgIpc) is 2.89. The van der Waals surface area contributed by atoms with E-state index >= 15 is 0 Å². The van der Waals surface area contributed by atoms with Crippen LogP contribution in [-0.2, 0) is 20.8 Å². The van der Waals surface area contributed by atoms with Gasteiger partial charge in [-0.2, -0.15) is 0 Å². The zero-order chi connectivity index (χ0) is 21.8. The summed E-state index contributed by atoms with van der Waals surface area (Å²) in [4.78, 5) is 29.3. The Hall–Kier alpha value is -1.94. The van der Waals surface area contributed by atoms with E-state index < -0.39 is 19.1 Å². The first-order chi connectivity index (χ1) is 14.3. The molecule has 0 saturated carbocycles. The molecule has 3 rings (SSSR count). The molecule has 0 spiro atoms. The van der Waals surface area contributed by atoms with Crippen molar-refractivity contribution in [2.45, 2.75) is 39.8 Å². The van der Waals surface area contributed by atoms with Crippen LogP contribution in [-0.4, -0.2) is 84.4 Å². The van der Waals surface area contributed by atoms with Crippen molar-refractivity contribution in [2.24, 2.45) is 5.92 Å². The van der Waals surface area contributed by atoms with E-state index in [4.69, 9.17) is 9.39 Å². The minimum atomic E-state index is -1.06. The summed E-state index contributed by atoms with van der Waals surface area (Å²) in [5, 5.41) is 20.0. The molecule has 0 radical (unpaired) electrons. The fraction of sp³-hybridized carbons (Fsp3) is 0.619. The van der Waals surface area contributed by atoms with Gasteiger partial charge in [0.15, 0.2) is 0 Å². The summed E-state index contributed by atoms with van der Waals surface area (Å²) in [5.74, 6) is -1.59. The summed E-state index contributed by atoms with van der Waals surface area (Å²) >= 11 is 0. The fourth-order valence-corrected chi connectivity index (χ4v) is 4.31. The fourth-order valence-electron chi connectivity index (χ4n) is 4.31. The second kappa shape index (κ2) is 9.91. The maximum Gasteiger partial charge on any atom is 0.492 e. The largest absolute Gasteiger partial charge is 0.492 e. The third kappa shape index (κ3) is 4.86. The molecule has 2 heterocycles. The number of rotatable bonds is 7. The lowest BCUT2D eigenvalue weighted by Crippen LogP contribution is -2.51. The molecule has 1 saturated heterocycles. The van der Waals surface area contributed by atoms with Crippen LogP contribution in [0, 0.1) is 12.8 Å². The molecule has 2 N–H and O–H groups in total. The number of carbonyl (C=O) groups is 2. The van der Waals surface area contributed by atoms with Crippen molar-refractivity contribution >= 4 is 24.5 Å². The molecule has 1 atom stereocenters. The van der Waals surface area contributed by atoms with Crippen LogP contribution < -0.4 is 5.46 Å². The first-order valence-corrected chi connectivity index (χ1v) is 10.6. The Balaban J connectivity index is 1.88. The molecule has 2 aliphatic heterocycles. The van der Waals surface area contributed by atoms with Crippen LogP contribution in [0.2, 0.25) is 0 Å². The monoisotopic (exact) mass is 418 g/mol. The molecule has 8 nitrogen and oxygen atoms in total. The van der Waals surface area contributed by atoms with Gasteiger partial charge in [0.1, 0.15) is 6.04 Å². The molecule has 1 aromatic rings. The van der Waals surface area contributed by atoms with Gasteiger partial charge in [-0.1, -0.05) is 19.9 Å². The molecule has 164 valence electrons. The normalized spacial score (nSPS) is 18.2. The van der Waals surface area contributed by atoms with Crippen molar-refractivity contribution < 1.29 is 29.1 Å². The number of carboxylic acid groups (broad SMARTS) is 1. The molecule has 0 aromatic heterocycles. The van der Waals surface area contributed by atoms with E-state index in [-0.39, 0.29) is 11.8 Å². The number of aliphatic carboxylic acids is 1. The van der Waals surface area contributed by atoms with Gasteiger partial charge in [0.25, 0.3) is 5.91 Å². The molecule has 1 aromatic carbocycles. The van der Waals surface area contributed by atoms with Gasteiger partial charge in [0.2, 0.25) is 0 Å². The van der Waals surface area contributed by atoms with Crippen LogP contribution in [0.5, 0.6) is 0 Å². The van der Waals surface area contributed by atoms with Gasteiger partial charge in [0, 0.05) is 38.3 Å². The first-order valence-electron chi connectivity index (χ1n) is 10.6. The SMILES string of the molecule is Cc1c(C(=O)N(CCN2CCCOCC2)[C@H](C(=O)O)C(C)C)ccc2c1B(O)OC2. The number of carbonyl (C=O) groups excluding carboxylic acids is 1. The lowest BCUT2D eigenvalue weighted by Gasteiger charge is -2.34. The number of hydrogen-bond donors (Lipinski definition) is 2. The van der Waals surface area contributed by atoms with Gasteiger partial charge < -0.3 is 24.4 Å². The maximum atomic E-state index is 13.6. The lowest BCUT2D eigenvalue weighted by molar-refractivity contribution is -0.144. The van der Waals surface area contributed by atoms with Gasteiger partial charge in [-0.05, 0) is 41.9 Å². The van der Waals surface area contributed by atoms with Gasteiger partial charge in [-0.3, -0.25) is 9.69 Å². The van der Waals surface area contributed by atoms with Crippen molar-refractivity contribution in [3.05, 3.63) is 28.8 Å². The highest BCUT2D eigenvalue weighted by atomic mass is 16.5. The predicted molar refractivity (Wildman–Crippen MR) is 113 cm³/mol. The van der Waals surface area contributed by atoms with E-state index in [9.17, 15) is 19.7 Å². The van der Waals surface area contributed by atoms with Crippen LogP contribution in [0.1, 0.15) is 41.8 Å². The molecule has 0 unspecified atom stereocenters. The zero-order valence-electron chi connectivity index (χ0n) is 18.0. The second-order valence-corrected chi connectivity index (χ2v) is 8.31. The number of carboxylic acids is 1. The van der Waals surface area contributed by atoms with E-state index in [1.807, 2.05) is 13.8 Å². The van der Waals surface area contributed by atoms with Crippen molar-refractivity contribution in [3.8, 4) is 0 Å². The number of fused-ring (bicyclic) bond motifs is 1. The number of nitrogens with zero attached hydrogens (tertiary/aromatic N) is 2. The molecule has 0 aliphatic carbocycles. The molecule has 1 fully saturated rings. The highest BCUT2D eigenvalue weighted by Crippen LogP contribution is 2.21. The van der Waals surface area contributed by atoms with Gasteiger partial charge in [-0.15, -0.1) is 0 Å². The van der Waals surface area contributed by atoms with Gasteiger partial charge in [0.05, 0.1) is 13.2 Å². The maximum absolute atomic E-state index is 13.6. The summed E-state index contributed by atoms with van der Waals surface area (Å²) in [6, 6.07) is 2.56. The minimum absolute atomic E-state index is 0.248. The molecular weight excluding hydrogens is 387 g/mol. The van der Waals surface area contributed by atoms with Crippen LogP contribution in [0.25, 0.3) is 0 Å². The van der Waals surface area contributed by atoms with E-state index in [1.165, 1.54) is 4.90 Å². The summed E-state index contributed by atoms with van der Waals surface area (Å²) in [5.41, 5.74) is 2.51. The first kappa shape index (κ1) is 22.7. The smallest absolute Gasteiger partial charge is 0.480 e. The zero-order valence-corrected chi connectivity index (χ0v) is 18.0. The average molecular weight is 418 g/mol. The number of ether oxygens (including phenoxy) is 1. The van der Waals surface area contributed by atoms with Gasteiger partial charge >= 0.3 is 13.1 Å². The summed E-state index contributed by atoms with van der Waals surface area (Å²) in [6.45, 7) is 9.59. The van der Waals surface area contributed by atoms with E-state index in [2.05, 4.69) is 4.90 Å². The van der Waals surface area contributed by atoms with Gasteiger partial charge in [-0.25, -0.2) is 4.79 Å². The number of benzene rings is 1. The van der Waals surface area contributed by atoms with E-state index in [0.29, 0.717) is 42.9 Å². The number of amides is 1. The molecule has 9 heteroatoms. The summed E-state index contributed by atoms with van der Waals surface area (Å²) in [7, 11) is -1.06. The highest BCUT2D eigenvalue weighted by molar-refractivity contribution is 6.62. The Kier molecular flexibility index (Phi) is 7.52. The quantitative estimate of drug-likeness (QED) is 0.622. The van der Waals surface area contributed by atoms with Crippen LogP contribution in [0.4, 0.5) is 0 Å². The highest BCUT2D eigenvalue weighted by Gasteiger charge is 2.36. The minimum Gasteiger partial charge on any atom is -0.480 e. The third-order valence-electron chi connectivity index (χ3n) is 5.93. The molecule has 1 amide bonds. The van der Waals surface area contributed by atoms with Crippen molar-refractivity contribution in [1.82, 2.24) is 9.80 Å². The van der Waals surface area contributed by atoms with Crippen molar-refractivity contribution in [2.75, 3.05) is 39.4 Å². The Labute approximate surface area is 177 Å². The van der Waals surface area contributed by atoms with Crippen molar-refractivity contribution in [3.63, 3.8) is 0 Å². The summed E-state index contributed by atoms with van der Waals surface area (Å²) in [6.07, 6.45) is 0.919. The standard InChI is InChI=1S/C21H31BN2O6/c1-14(2)19(21(26)27)24(9-8-23-7-4-11-29-12-10-23)20(25)17-6-5-16-13-30-22(28)18(16)15(17)3/h5-6,14,19,28H,4,7-13H2,1-3H3,(H,26,27)/t19-/m0/s1. The third-order valence-corrected chi connectivity index (χ3v) is 5.93. The Morgan fingerprint density at radius 3 is 2.73 bits per heavy atom. The number of hydrogen-bond acceptors (Lipinski definition) is 6. The van der Waals surface area contributed by atoms with Crippen LogP contribution in [0.3, 0.4) is 0 Å². The van der Waals surface area contributed by atoms with Crippen LogP contribution >= 0.6 is 0 Å². The Bertz CT molecular complexity index is 779. The van der Waals surface area contributed by atoms with E-state index in [1.54, 1.807) is 19.1 Å². The lowest BCUT2D eigenvalue weighted by atomic mass is 9.75.